The average molecular weight is 307 g/mol. The number of nitrogens with zero attached hydrogens (tertiary/aromatic N) is 2. The standard InChI is InChI=1S/C15H9F4N3/c16-8-5-6-9(11(7-8)15(17,18)19)14-21-12-4-2-1-3-10(12)13(20)22-14/h1-7H,(H2,20,21,22). The summed E-state index contributed by atoms with van der Waals surface area (Å²) in [5.41, 5.74) is 4.75. The minimum Gasteiger partial charge on any atom is -0.383 e. The Balaban J connectivity index is 2.28. The van der Waals surface area contributed by atoms with E-state index in [1.165, 1.54) is 0 Å². The van der Waals surface area contributed by atoms with Crippen LogP contribution < -0.4 is 5.73 Å². The van der Waals surface area contributed by atoms with Gasteiger partial charge >= 0.3 is 6.18 Å². The molecule has 0 bridgehead atoms. The number of halogens is 4. The van der Waals surface area contributed by atoms with Crippen molar-refractivity contribution >= 4 is 16.7 Å². The molecule has 22 heavy (non-hydrogen) atoms. The lowest BCUT2D eigenvalue weighted by Crippen LogP contribution is -2.09. The minimum atomic E-state index is -4.72. The first-order chi connectivity index (χ1) is 10.4. The van der Waals surface area contributed by atoms with E-state index < -0.39 is 17.6 Å². The van der Waals surface area contributed by atoms with Crippen LogP contribution in [0.3, 0.4) is 0 Å². The number of aromatic nitrogens is 2. The zero-order valence-corrected chi connectivity index (χ0v) is 11.0. The number of hydrogen-bond acceptors (Lipinski definition) is 3. The largest absolute Gasteiger partial charge is 0.417 e. The molecule has 0 saturated heterocycles. The van der Waals surface area contributed by atoms with E-state index in [1.54, 1.807) is 24.3 Å². The highest BCUT2D eigenvalue weighted by Crippen LogP contribution is 2.37. The fraction of sp³-hybridized carbons (Fsp3) is 0.0667. The molecule has 0 radical (unpaired) electrons. The summed E-state index contributed by atoms with van der Waals surface area (Å²) in [5.74, 6) is -1.11. The lowest BCUT2D eigenvalue weighted by molar-refractivity contribution is -0.137. The summed E-state index contributed by atoms with van der Waals surface area (Å²) >= 11 is 0. The van der Waals surface area contributed by atoms with Gasteiger partial charge in [0.2, 0.25) is 0 Å². The van der Waals surface area contributed by atoms with Gasteiger partial charge in [-0.2, -0.15) is 13.2 Å². The van der Waals surface area contributed by atoms with Crippen LogP contribution in [0.4, 0.5) is 23.4 Å². The van der Waals surface area contributed by atoms with Gasteiger partial charge in [0.1, 0.15) is 11.6 Å². The van der Waals surface area contributed by atoms with Gasteiger partial charge in [0.05, 0.1) is 11.1 Å². The zero-order valence-electron chi connectivity index (χ0n) is 11.0. The zero-order chi connectivity index (χ0) is 15.9. The van der Waals surface area contributed by atoms with Crippen molar-refractivity contribution in [3.05, 3.63) is 53.8 Å². The van der Waals surface area contributed by atoms with Gasteiger partial charge in [-0.25, -0.2) is 14.4 Å². The second-order valence-electron chi connectivity index (χ2n) is 4.64. The maximum absolute atomic E-state index is 13.2. The molecule has 1 aromatic heterocycles. The summed E-state index contributed by atoms with van der Waals surface area (Å²) in [6, 6.07) is 9.05. The molecule has 3 rings (SSSR count). The van der Waals surface area contributed by atoms with Gasteiger partial charge in [0, 0.05) is 10.9 Å². The quantitative estimate of drug-likeness (QED) is 0.690. The second kappa shape index (κ2) is 4.94. The fourth-order valence-electron chi connectivity index (χ4n) is 2.17. The molecule has 3 nitrogen and oxygen atoms in total. The lowest BCUT2D eigenvalue weighted by atomic mass is 10.1. The van der Waals surface area contributed by atoms with Crippen LogP contribution in [0.1, 0.15) is 5.56 Å². The molecular weight excluding hydrogens is 298 g/mol. The maximum Gasteiger partial charge on any atom is 0.417 e. The van der Waals surface area contributed by atoms with Gasteiger partial charge in [-0.05, 0) is 30.3 Å². The molecule has 0 aliphatic heterocycles. The molecule has 0 amide bonds. The number of hydrogen-bond donors (Lipinski definition) is 1. The van der Waals surface area contributed by atoms with Gasteiger partial charge in [0.15, 0.2) is 5.82 Å². The van der Waals surface area contributed by atoms with E-state index in [9.17, 15) is 17.6 Å². The predicted octanol–water partition coefficient (Wildman–Crippen LogP) is 4.04. The van der Waals surface area contributed by atoms with Crippen molar-refractivity contribution in [3.8, 4) is 11.4 Å². The van der Waals surface area contributed by atoms with Crippen LogP contribution in [0.25, 0.3) is 22.3 Å². The van der Waals surface area contributed by atoms with Crippen molar-refractivity contribution in [3.63, 3.8) is 0 Å². The molecular formula is C15H9F4N3. The highest BCUT2D eigenvalue weighted by atomic mass is 19.4. The Bertz CT molecular complexity index is 859. The Morgan fingerprint density at radius 1 is 0.955 bits per heavy atom. The van der Waals surface area contributed by atoms with Gasteiger partial charge in [-0.3, -0.25) is 0 Å². The number of rotatable bonds is 1. The third-order valence-corrected chi connectivity index (χ3v) is 3.16. The van der Waals surface area contributed by atoms with Crippen molar-refractivity contribution in [2.75, 3.05) is 5.73 Å². The first-order valence-corrected chi connectivity index (χ1v) is 6.25. The Labute approximate surface area is 122 Å². The van der Waals surface area contributed by atoms with Crippen LogP contribution in [0.2, 0.25) is 0 Å². The van der Waals surface area contributed by atoms with Crippen molar-refractivity contribution < 1.29 is 17.6 Å². The van der Waals surface area contributed by atoms with Gasteiger partial charge in [-0.15, -0.1) is 0 Å². The van der Waals surface area contributed by atoms with E-state index in [-0.39, 0.29) is 17.2 Å². The number of benzene rings is 2. The Morgan fingerprint density at radius 2 is 1.68 bits per heavy atom. The van der Waals surface area contributed by atoms with Crippen LogP contribution >= 0.6 is 0 Å². The van der Waals surface area contributed by atoms with Crippen molar-refractivity contribution in [1.29, 1.82) is 0 Å². The fourth-order valence-corrected chi connectivity index (χ4v) is 2.17. The summed E-state index contributed by atoms with van der Waals surface area (Å²) in [6.07, 6.45) is -4.72. The van der Waals surface area contributed by atoms with Gasteiger partial charge < -0.3 is 5.73 Å². The van der Waals surface area contributed by atoms with Crippen LogP contribution in [-0.2, 0) is 6.18 Å². The molecule has 1 heterocycles. The van der Waals surface area contributed by atoms with Crippen molar-refractivity contribution in [2.24, 2.45) is 0 Å². The molecule has 112 valence electrons. The number of nitrogen functional groups attached to an aromatic ring is 1. The molecule has 0 aliphatic rings. The number of nitrogens with two attached hydrogens (primary N) is 1. The van der Waals surface area contributed by atoms with Crippen LogP contribution in [0, 0.1) is 5.82 Å². The Morgan fingerprint density at radius 3 is 2.41 bits per heavy atom. The van der Waals surface area contributed by atoms with Crippen LogP contribution in [-0.4, -0.2) is 9.97 Å². The minimum absolute atomic E-state index is 0.0676. The van der Waals surface area contributed by atoms with E-state index in [0.717, 1.165) is 12.1 Å². The lowest BCUT2D eigenvalue weighted by Gasteiger charge is -2.13. The summed E-state index contributed by atoms with van der Waals surface area (Å²) in [7, 11) is 0. The second-order valence-corrected chi connectivity index (χ2v) is 4.64. The number of alkyl halides is 3. The molecule has 0 fully saturated rings. The normalized spacial score (nSPS) is 11.8. The monoisotopic (exact) mass is 307 g/mol. The highest BCUT2D eigenvalue weighted by molar-refractivity contribution is 5.89. The van der Waals surface area contributed by atoms with Gasteiger partial charge in [0.25, 0.3) is 0 Å². The first kappa shape index (κ1) is 14.2. The molecule has 7 heteroatoms. The molecule has 0 unspecified atom stereocenters. The van der Waals surface area contributed by atoms with E-state index in [2.05, 4.69) is 9.97 Å². The molecule has 2 aromatic carbocycles. The average Bonchev–Trinajstić information content (AvgIpc) is 2.46. The van der Waals surface area contributed by atoms with E-state index in [4.69, 9.17) is 5.73 Å². The predicted molar refractivity (Wildman–Crippen MR) is 74.3 cm³/mol. The van der Waals surface area contributed by atoms with Crippen molar-refractivity contribution in [2.45, 2.75) is 6.18 Å². The third-order valence-electron chi connectivity index (χ3n) is 3.16. The summed E-state index contributed by atoms with van der Waals surface area (Å²) < 4.78 is 52.4. The molecule has 0 atom stereocenters. The summed E-state index contributed by atoms with van der Waals surface area (Å²) in [4.78, 5) is 8.02. The first-order valence-electron chi connectivity index (χ1n) is 6.25. The third kappa shape index (κ3) is 2.45. The van der Waals surface area contributed by atoms with Crippen molar-refractivity contribution in [1.82, 2.24) is 9.97 Å². The van der Waals surface area contributed by atoms with E-state index in [1.807, 2.05) is 0 Å². The van der Waals surface area contributed by atoms with E-state index >= 15 is 0 Å². The summed E-state index contributed by atoms with van der Waals surface area (Å²) in [5, 5.41) is 0.543. The number of anilines is 1. The Hall–Kier alpha value is -2.70. The Kier molecular flexibility index (Phi) is 3.20. The number of fused-ring (bicyclic) bond motifs is 1. The molecule has 0 aliphatic carbocycles. The molecule has 0 spiro atoms. The summed E-state index contributed by atoms with van der Waals surface area (Å²) in [6.45, 7) is 0. The van der Waals surface area contributed by atoms with E-state index in [0.29, 0.717) is 17.0 Å². The molecule has 2 N–H and O–H groups in total. The SMILES string of the molecule is Nc1nc(-c2ccc(F)cc2C(F)(F)F)nc2ccccc12. The maximum atomic E-state index is 13.2. The molecule has 3 aromatic rings. The topological polar surface area (TPSA) is 51.8 Å². The smallest absolute Gasteiger partial charge is 0.383 e. The van der Waals surface area contributed by atoms with Crippen LogP contribution in [0.15, 0.2) is 42.5 Å². The van der Waals surface area contributed by atoms with Crippen LogP contribution in [0.5, 0.6) is 0 Å². The molecule has 0 saturated carbocycles. The highest BCUT2D eigenvalue weighted by Gasteiger charge is 2.35. The number of para-hydroxylation sites is 1. The van der Waals surface area contributed by atoms with Gasteiger partial charge in [-0.1, -0.05) is 12.1 Å².